The predicted molar refractivity (Wildman–Crippen MR) is 81.2 cm³/mol. The summed E-state index contributed by atoms with van der Waals surface area (Å²) in [5, 5.41) is 0. The minimum atomic E-state index is -0.545. The summed E-state index contributed by atoms with van der Waals surface area (Å²) in [6, 6.07) is 10.3. The number of aromatic nitrogens is 1. The van der Waals surface area contributed by atoms with E-state index < -0.39 is 5.91 Å². The summed E-state index contributed by atoms with van der Waals surface area (Å²) in [5.74, 6) is -0.160. The fourth-order valence-corrected chi connectivity index (χ4v) is 1.91. The molecule has 0 aliphatic rings. The van der Waals surface area contributed by atoms with Crippen LogP contribution in [0.25, 0.3) is 0 Å². The third-order valence-electron chi connectivity index (χ3n) is 2.97. The third kappa shape index (κ3) is 4.31. The van der Waals surface area contributed by atoms with E-state index in [4.69, 9.17) is 10.5 Å². The third-order valence-corrected chi connectivity index (χ3v) is 2.97. The number of carbonyl (C=O) groups excluding carboxylic acids is 2. The van der Waals surface area contributed by atoms with Gasteiger partial charge < -0.3 is 15.4 Å². The highest BCUT2D eigenvalue weighted by molar-refractivity contribution is 5.94. The Kier molecular flexibility index (Phi) is 5.08. The second-order valence-electron chi connectivity index (χ2n) is 4.80. The standard InChI is InChI=1S/C16H17N3O3/c1-19(10-12-3-2-8-18-9-12)16(21)13-4-6-14(7-5-13)22-11-15(17)20/h2-9H,10-11H2,1H3,(H2,17,20). The van der Waals surface area contributed by atoms with Crippen molar-refractivity contribution >= 4 is 11.8 Å². The number of pyridine rings is 1. The van der Waals surface area contributed by atoms with E-state index in [0.717, 1.165) is 5.56 Å². The average molecular weight is 299 g/mol. The number of benzene rings is 1. The number of rotatable bonds is 6. The first-order valence-corrected chi connectivity index (χ1v) is 6.72. The summed E-state index contributed by atoms with van der Waals surface area (Å²) < 4.78 is 5.15. The fraction of sp³-hybridized carbons (Fsp3) is 0.188. The van der Waals surface area contributed by atoms with E-state index >= 15 is 0 Å². The van der Waals surface area contributed by atoms with E-state index in [1.54, 1.807) is 48.6 Å². The first-order chi connectivity index (χ1) is 10.6. The van der Waals surface area contributed by atoms with Crippen LogP contribution in [0.5, 0.6) is 5.75 Å². The van der Waals surface area contributed by atoms with Gasteiger partial charge in [0.2, 0.25) is 0 Å². The minimum absolute atomic E-state index is 0.106. The second kappa shape index (κ2) is 7.21. The zero-order valence-corrected chi connectivity index (χ0v) is 12.2. The zero-order chi connectivity index (χ0) is 15.9. The molecule has 1 heterocycles. The van der Waals surface area contributed by atoms with Crippen LogP contribution >= 0.6 is 0 Å². The van der Waals surface area contributed by atoms with E-state index in [1.165, 1.54) is 0 Å². The Morgan fingerprint density at radius 1 is 1.23 bits per heavy atom. The number of nitrogens with two attached hydrogens (primary N) is 1. The first-order valence-electron chi connectivity index (χ1n) is 6.72. The van der Waals surface area contributed by atoms with Gasteiger partial charge in [0.05, 0.1) is 0 Å². The van der Waals surface area contributed by atoms with Gasteiger partial charge in [-0.05, 0) is 35.9 Å². The molecule has 0 radical (unpaired) electrons. The summed E-state index contributed by atoms with van der Waals surface area (Å²) >= 11 is 0. The van der Waals surface area contributed by atoms with Gasteiger partial charge in [0.25, 0.3) is 11.8 Å². The normalized spacial score (nSPS) is 10.0. The molecule has 0 atom stereocenters. The highest BCUT2D eigenvalue weighted by Gasteiger charge is 2.12. The van der Waals surface area contributed by atoms with Gasteiger partial charge in [-0.15, -0.1) is 0 Å². The van der Waals surface area contributed by atoms with E-state index in [0.29, 0.717) is 17.9 Å². The SMILES string of the molecule is CN(Cc1cccnc1)C(=O)c1ccc(OCC(N)=O)cc1. The zero-order valence-electron chi connectivity index (χ0n) is 12.2. The minimum Gasteiger partial charge on any atom is -0.484 e. The molecule has 0 saturated carbocycles. The molecule has 2 amide bonds. The molecule has 2 aromatic rings. The predicted octanol–water partition coefficient (Wildman–Crippen LogP) is 1.22. The maximum absolute atomic E-state index is 12.3. The van der Waals surface area contributed by atoms with Crippen LogP contribution in [0.4, 0.5) is 0 Å². The van der Waals surface area contributed by atoms with Gasteiger partial charge in [0.15, 0.2) is 6.61 Å². The summed E-state index contributed by atoms with van der Waals surface area (Å²) in [4.78, 5) is 28.6. The molecule has 22 heavy (non-hydrogen) atoms. The molecule has 6 nitrogen and oxygen atoms in total. The van der Waals surface area contributed by atoms with Crippen LogP contribution in [0.1, 0.15) is 15.9 Å². The number of ether oxygens (including phenoxy) is 1. The molecule has 6 heteroatoms. The average Bonchev–Trinajstić information content (AvgIpc) is 2.53. The highest BCUT2D eigenvalue weighted by Crippen LogP contribution is 2.14. The van der Waals surface area contributed by atoms with Gasteiger partial charge in [-0.1, -0.05) is 6.07 Å². The van der Waals surface area contributed by atoms with Crippen LogP contribution in [0.3, 0.4) is 0 Å². The summed E-state index contributed by atoms with van der Waals surface area (Å²) in [7, 11) is 1.73. The number of hydrogen-bond acceptors (Lipinski definition) is 4. The molecule has 1 aromatic carbocycles. The van der Waals surface area contributed by atoms with Crippen LogP contribution in [0.2, 0.25) is 0 Å². The van der Waals surface area contributed by atoms with Gasteiger partial charge in [-0.2, -0.15) is 0 Å². The molecule has 0 fully saturated rings. The Labute approximate surface area is 128 Å². The Hall–Kier alpha value is -2.89. The monoisotopic (exact) mass is 299 g/mol. The Morgan fingerprint density at radius 2 is 1.95 bits per heavy atom. The van der Waals surface area contributed by atoms with Crippen LogP contribution in [-0.2, 0) is 11.3 Å². The van der Waals surface area contributed by atoms with Crippen molar-refractivity contribution in [3.8, 4) is 5.75 Å². The quantitative estimate of drug-likeness (QED) is 0.869. The number of amides is 2. The smallest absolute Gasteiger partial charge is 0.255 e. The first kappa shape index (κ1) is 15.5. The largest absolute Gasteiger partial charge is 0.484 e. The van der Waals surface area contributed by atoms with Crippen LogP contribution < -0.4 is 10.5 Å². The maximum Gasteiger partial charge on any atom is 0.255 e. The fourth-order valence-electron chi connectivity index (χ4n) is 1.91. The van der Waals surface area contributed by atoms with E-state index in [9.17, 15) is 9.59 Å². The lowest BCUT2D eigenvalue weighted by Gasteiger charge is -2.17. The molecule has 1 aromatic heterocycles. The number of primary amides is 1. The van der Waals surface area contributed by atoms with Crippen LogP contribution in [0.15, 0.2) is 48.8 Å². The van der Waals surface area contributed by atoms with Crippen molar-refractivity contribution in [1.82, 2.24) is 9.88 Å². The Bertz CT molecular complexity index is 641. The molecule has 0 spiro atoms. The molecule has 0 saturated heterocycles. The maximum atomic E-state index is 12.3. The van der Waals surface area contributed by atoms with Crippen molar-refractivity contribution in [3.05, 3.63) is 59.9 Å². The van der Waals surface area contributed by atoms with E-state index in [-0.39, 0.29) is 12.5 Å². The molecule has 0 unspecified atom stereocenters. The van der Waals surface area contributed by atoms with Crippen molar-refractivity contribution in [2.45, 2.75) is 6.54 Å². The molecule has 0 aliphatic heterocycles. The Morgan fingerprint density at radius 3 is 2.55 bits per heavy atom. The molecule has 0 bridgehead atoms. The van der Waals surface area contributed by atoms with E-state index in [1.807, 2.05) is 12.1 Å². The van der Waals surface area contributed by atoms with Crippen molar-refractivity contribution < 1.29 is 14.3 Å². The number of hydrogen-bond donors (Lipinski definition) is 1. The lowest BCUT2D eigenvalue weighted by molar-refractivity contribution is -0.119. The summed E-state index contributed by atoms with van der Waals surface area (Å²) in [5.41, 5.74) is 6.50. The van der Waals surface area contributed by atoms with Crippen LogP contribution in [0, 0.1) is 0 Å². The van der Waals surface area contributed by atoms with Gasteiger partial charge in [0, 0.05) is 31.5 Å². The topological polar surface area (TPSA) is 85.5 Å². The van der Waals surface area contributed by atoms with Gasteiger partial charge >= 0.3 is 0 Å². The van der Waals surface area contributed by atoms with Gasteiger partial charge in [-0.25, -0.2) is 0 Å². The molecular formula is C16H17N3O3. The molecule has 2 rings (SSSR count). The molecule has 0 aliphatic carbocycles. The van der Waals surface area contributed by atoms with E-state index in [2.05, 4.69) is 4.98 Å². The number of nitrogens with zero attached hydrogens (tertiary/aromatic N) is 2. The second-order valence-corrected chi connectivity index (χ2v) is 4.80. The Balaban J connectivity index is 1.98. The summed E-state index contributed by atoms with van der Waals surface area (Å²) in [6.07, 6.45) is 3.42. The lowest BCUT2D eigenvalue weighted by atomic mass is 10.2. The van der Waals surface area contributed by atoms with Crippen LogP contribution in [-0.4, -0.2) is 35.4 Å². The van der Waals surface area contributed by atoms with Crippen molar-refractivity contribution in [2.75, 3.05) is 13.7 Å². The molecular weight excluding hydrogens is 282 g/mol. The van der Waals surface area contributed by atoms with Crippen molar-refractivity contribution in [2.24, 2.45) is 5.73 Å². The van der Waals surface area contributed by atoms with Gasteiger partial charge in [-0.3, -0.25) is 14.6 Å². The lowest BCUT2D eigenvalue weighted by Crippen LogP contribution is -2.26. The molecule has 2 N–H and O–H groups in total. The van der Waals surface area contributed by atoms with Gasteiger partial charge in [0.1, 0.15) is 5.75 Å². The van der Waals surface area contributed by atoms with Crippen molar-refractivity contribution in [3.63, 3.8) is 0 Å². The van der Waals surface area contributed by atoms with Crippen molar-refractivity contribution in [1.29, 1.82) is 0 Å². The highest BCUT2D eigenvalue weighted by atomic mass is 16.5. The summed E-state index contributed by atoms with van der Waals surface area (Å²) in [6.45, 7) is 0.292. The number of carbonyl (C=O) groups is 2. The molecule has 114 valence electrons.